The standard InChI is InChI=1S/C21H22N4O2/c1-14-22-9-10-25(14)20-17(7-4-8-23-20)13-24-21(27)18-11-15-5-2-3-6-16(15)12-19(18)26/h4,7-12,26H,2-3,5-6,13H2,1H3,(H,24,27). The Hall–Kier alpha value is -3.15. The van der Waals surface area contributed by atoms with Crippen LogP contribution in [-0.4, -0.2) is 25.5 Å². The van der Waals surface area contributed by atoms with Gasteiger partial charge in [-0.05, 0) is 61.9 Å². The Morgan fingerprint density at radius 2 is 1.96 bits per heavy atom. The molecule has 2 aromatic heterocycles. The van der Waals surface area contributed by atoms with Gasteiger partial charge in [-0.15, -0.1) is 0 Å². The zero-order valence-electron chi connectivity index (χ0n) is 15.3. The summed E-state index contributed by atoms with van der Waals surface area (Å²) in [5.41, 5.74) is 3.53. The predicted molar refractivity (Wildman–Crippen MR) is 102 cm³/mol. The van der Waals surface area contributed by atoms with Crippen LogP contribution in [0.3, 0.4) is 0 Å². The van der Waals surface area contributed by atoms with E-state index in [4.69, 9.17) is 0 Å². The van der Waals surface area contributed by atoms with Crippen LogP contribution in [0.25, 0.3) is 5.82 Å². The van der Waals surface area contributed by atoms with Crippen molar-refractivity contribution in [3.05, 3.63) is 70.9 Å². The lowest BCUT2D eigenvalue weighted by Gasteiger charge is -2.18. The van der Waals surface area contributed by atoms with Crippen molar-refractivity contribution in [2.45, 2.75) is 39.2 Å². The van der Waals surface area contributed by atoms with E-state index in [2.05, 4.69) is 15.3 Å². The minimum absolute atomic E-state index is 0.0463. The number of rotatable bonds is 4. The lowest BCUT2D eigenvalue weighted by molar-refractivity contribution is 0.0948. The average Bonchev–Trinajstić information content (AvgIpc) is 3.11. The molecule has 0 radical (unpaired) electrons. The fraction of sp³-hybridized carbons (Fsp3) is 0.286. The lowest BCUT2D eigenvalue weighted by Crippen LogP contribution is -2.24. The van der Waals surface area contributed by atoms with Crippen molar-refractivity contribution in [3.8, 4) is 11.6 Å². The number of phenolic OH excluding ortho intramolecular Hbond substituents is 1. The smallest absolute Gasteiger partial charge is 0.255 e. The maximum atomic E-state index is 12.7. The van der Waals surface area contributed by atoms with Crippen LogP contribution in [-0.2, 0) is 19.4 Å². The van der Waals surface area contributed by atoms with Crippen LogP contribution < -0.4 is 5.32 Å². The number of hydrogen-bond acceptors (Lipinski definition) is 4. The van der Waals surface area contributed by atoms with Gasteiger partial charge in [0.2, 0.25) is 0 Å². The molecule has 0 atom stereocenters. The molecule has 0 saturated heterocycles. The second-order valence-corrected chi connectivity index (χ2v) is 6.86. The first-order chi connectivity index (χ1) is 13.1. The molecular formula is C21H22N4O2. The number of nitrogens with one attached hydrogen (secondary N) is 1. The number of carbonyl (C=O) groups is 1. The van der Waals surface area contributed by atoms with Gasteiger partial charge >= 0.3 is 0 Å². The van der Waals surface area contributed by atoms with Crippen molar-refractivity contribution in [2.75, 3.05) is 0 Å². The van der Waals surface area contributed by atoms with E-state index in [1.54, 1.807) is 18.5 Å². The quantitative estimate of drug-likeness (QED) is 0.747. The van der Waals surface area contributed by atoms with Crippen LogP contribution >= 0.6 is 0 Å². The predicted octanol–water partition coefficient (Wildman–Crippen LogP) is 3.09. The number of aromatic nitrogens is 3. The van der Waals surface area contributed by atoms with Crippen LogP contribution in [0.2, 0.25) is 0 Å². The third-order valence-electron chi connectivity index (χ3n) is 5.07. The van der Waals surface area contributed by atoms with E-state index in [-0.39, 0.29) is 11.7 Å². The number of carbonyl (C=O) groups excluding carboxylic acids is 1. The molecule has 1 amide bonds. The molecule has 0 fully saturated rings. The van der Waals surface area contributed by atoms with Crippen molar-refractivity contribution in [1.29, 1.82) is 0 Å². The van der Waals surface area contributed by atoms with Crippen LogP contribution in [0, 0.1) is 6.92 Å². The molecule has 3 aromatic rings. The van der Waals surface area contributed by atoms with E-state index in [0.29, 0.717) is 12.1 Å². The second kappa shape index (κ2) is 7.23. The minimum atomic E-state index is -0.280. The van der Waals surface area contributed by atoms with Crippen molar-refractivity contribution >= 4 is 5.91 Å². The van der Waals surface area contributed by atoms with Gasteiger partial charge < -0.3 is 10.4 Å². The fourth-order valence-electron chi connectivity index (χ4n) is 3.61. The van der Waals surface area contributed by atoms with Crippen molar-refractivity contribution in [2.24, 2.45) is 0 Å². The average molecular weight is 362 g/mol. The summed E-state index contributed by atoms with van der Waals surface area (Å²) in [5, 5.41) is 13.2. The summed E-state index contributed by atoms with van der Waals surface area (Å²) in [6, 6.07) is 7.35. The summed E-state index contributed by atoms with van der Waals surface area (Å²) in [5.74, 6) is 1.33. The lowest BCUT2D eigenvalue weighted by atomic mass is 9.90. The molecule has 0 aliphatic heterocycles. The van der Waals surface area contributed by atoms with Crippen molar-refractivity contribution < 1.29 is 9.90 Å². The summed E-state index contributed by atoms with van der Waals surface area (Å²) in [7, 11) is 0. The third-order valence-corrected chi connectivity index (χ3v) is 5.07. The molecule has 27 heavy (non-hydrogen) atoms. The first-order valence-electron chi connectivity index (χ1n) is 9.20. The van der Waals surface area contributed by atoms with E-state index >= 15 is 0 Å². The summed E-state index contributed by atoms with van der Waals surface area (Å²) in [4.78, 5) is 21.3. The molecule has 6 heteroatoms. The zero-order chi connectivity index (χ0) is 18.8. The van der Waals surface area contributed by atoms with Gasteiger partial charge in [-0.3, -0.25) is 9.36 Å². The second-order valence-electron chi connectivity index (χ2n) is 6.86. The number of aromatic hydroxyl groups is 1. The number of aryl methyl sites for hydroxylation is 3. The molecule has 2 N–H and O–H groups in total. The molecule has 1 aliphatic carbocycles. The number of pyridine rings is 1. The normalized spacial score (nSPS) is 13.2. The first kappa shape index (κ1) is 17.3. The summed E-state index contributed by atoms with van der Waals surface area (Å²) >= 11 is 0. The SMILES string of the molecule is Cc1nccn1-c1ncccc1CNC(=O)c1cc2c(cc1O)CCCC2. The van der Waals surface area contributed by atoms with Crippen LogP contribution in [0.15, 0.2) is 42.9 Å². The molecule has 6 nitrogen and oxygen atoms in total. The highest BCUT2D eigenvalue weighted by atomic mass is 16.3. The van der Waals surface area contributed by atoms with Gasteiger partial charge in [-0.25, -0.2) is 9.97 Å². The maximum absolute atomic E-state index is 12.7. The Labute approximate surface area is 157 Å². The molecule has 0 saturated carbocycles. The number of nitrogens with zero attached hydrogens (tertiary/aromatic N) is 3. The molecule has 1 aromatic carbocycles. The number of fused-ring (bicyclic) bond motifs is 1. The van der Waals surface area contributed by atoms with Gasteiger partial charge in [-0.1, -0.05) is 6.07 Å². The summed E-state index contributed by atoms with van der Waals surface area (Å²) in [6.07, 6.45) is 9.47. The number of amides is 1. The van der Waals surface area contributed by atoms with Gasteiger partial charge in [0.15, 0.2) is 0 Å². The monoisotopic (exact) mass is 362 g/mol. The molecule has 0 spiro atoms. The number of benzene rings is 1. The third kappa shape index (κ3) is 3.43. The molecule has 1 aliphatic rings. The number of hydrogen-bond donors (Lipinski definition) is 2. The van der Waals surface area contributed by atoms with Gasteiger partial charge in [0.05, 0.1) is 5.56 Å². The van der Waals surface area contributed by atoms with Gasteiger partial charge in [0, 0.05) is 30.7 Å². The van der Waals surface area contributed by atoms with E-state index in [1.165, 1.54) is 5.56 Å². The molecule has 0 bridgehead atoms. The van der Waals surface area contributed by atoms with Gasteiger partial charge in [0.25, 0.3) is 5.91 Å². The molecule has 2 heterocycles. The minimum Gasteiger partial charge on any atom is -0.507 e. The van der Waals surface area contributed by atoms with Crippen LogP contribution in [0.4, 0.5) is 0 Å². The Bertz CT molecular complexity index is 994. The van der Waals surface area contributed by atoms with Gasteiger partial charge in [0.1, 0.15) is 17.4 Å². The zero-order valence-corrected chi connectivity index (χ0v) is 15.3. The van der Waals surface area contributed by atoms with E-state index < -0.39 is 0 Å². The van der Waals surface area contributed by atoms with E-state index in [1.807, 2.05) is 35.9 Å². The van der Waals surface area contributed by atoms with Gasteiger partial charge in [-0.2, -0.15) is 0 Å². The Morgan fingerprint density at radius 3 is 2.70 bits per heavy atom. The van der Waals surface area contributed by atoms with Crippen molar-refractivity contribution in [1.82, 2.24) is 19.9 Å². The molecule has 0 unspecified atom stereocenters. The van der Waals surface area contributed by atoms with Crippen molar-refractivity contribution in [3.63, 3.8) is 0 Å². The Kier molecular flexibility index (Phi) is 4.62. The Morgan fingerprint density at radius 1 is 1.19 bits per heavy atom. The Balaban J connectivity index is 1.55. The summed E-state index contributed by atoms with van der Waals surface area (Å²) < 4.78 is 1.89. The van der Waals surface area contributed by atoms with E-state index in [0.717, 1.165) is 48.5 Å². The fourth-order valence-corrected chi connectivity index (χ4v) is 3.61. The van der Waals surface area contributed by atoms with E-state index in [9.17, 15) is 9.90 Å². The number of phenols is 1. The topological polar surface area (TPSA) is 80.0 Å². The number of imidazole rings is 1. The van der Waals surface area contributed by atoms with Crippen LogP contribution in [0.5, 0.6) is 5.75 Å². The largest absolute Gasteiger partial charge is 0.507 e. The highest BCUT2D eigenvalue weighted by Crippen LogP contribution is 2.28. The first-order valence-corrected chi connectivity index (χ1v) is 9.20. The molecule has 138 valence electrons. The summed E-state index contributed by atoms with van der Waals surface area (Å²) in [6.45, 7) is 2.22. The highest BCUT2D eigenvalue weighted by molar-refractivity contribution is 5.97. The molecule has 4 rings (SSSR count). The maximum Gasteiger partial charge on any atom is 0.255 e. The van der Waals surface area contributed by atoms with Crippen LogP contribution in [0.1, 0.15) is 45.7 Å². The molecular weight excluding hydrogens is 340 g/mol. The highest BCUT2D eigenvalue weighted by Gasteiger charge is 2.18.